The number of H-pyrrole nitrogens is 1. The summed E-state index contributed by atoms with van der Waals surface area (Å²) in [5.41, 5.74) is 2.06. The van der Waals surface area contributed by atoms with Crippen LogP contribution >= 0.6 is 11.8 Å². The average Bonchev–Trinajstić information content (AvgIpc) is 3.33. The summed E-state index contributed by atoms with van der Waals surface area (Å²) in [6.07, 6.45) is 8.77. The van der Waals surface area contributed by atoms with E-state index in [0.29, 0.717) is 0 Å². The molecule has 0 aliphatic carbocycles. The molecule has 2 atom stereocenters. The maximum Gasteiger partial charge on any atom is 0.230 e. The monoisotopic (exact) mass is 357 g/mol. The lowest BCUT2D eigenvalue weighted by molar-refractivity contribution is -0.137. The van der Waals surface area contributed by atoms with Gasteiger partial charge >= 0.3 is 0 Å². The second kappa shape index (κ2) is 7.04. The van der Waals surface area contributed by atoms with Crippen LogP contribution in [0.5, 0.6) is 0 Å². The number of thioether (sulfide) groups is 1. The molecule has 4 nitrogen and oxygen atoms in total. The topological polar surface area (TPSA) is 49.0 Å². The molecule has 6 heteroatoms. The quantitative estimate of drug-likeness (QED) is 0.903. The third-order valence-electron chi connectivity index (χ3n) is 4.91. The fraction of sp³-hybridized carbons (Fsp3) is 0.368. The van der Waals surface area contributed by atoms with Crippen molar-refractivity contribution in [3.05, 3.63) is 59.7 Å². The molecule has 1 amide bonds. The van der Waals surface area contributed by atoms with E-state index >= 15 is 0 Å². The SMILES string of the molecule is O=C(C1C=C(c2cn[nH]c2)SC1)N1CCCC[C@H]1c1ccc(F)cc1. The number of rotatable bonds is 3. The van der Waals surface area contributed by atoms with Crippen LogP contribution in [0.4, 0.5) is 4.39 Å². The number of likely N-dealkylation sites (tertiary alicyclic amines) is 1. The molecule has 1 unspecified atom stereocenters. The van der Waals surface area contributed by atoms with Gasteiger partial charge in [0.15, 0.2) is 0 Å². The molecule has 1 N–H and O–H groups in total. The van der Waals surface area contributed by atoms with Crippen molar-refractivity contribution in [2.45, 2.75) is 25.3 Å². The Kier molecular flexibility index (Phi) is 4.61. The van der Waals surface area contributed by atoms with E-state index in [1.165, 1.54) is 12.1 Å². The zero-order valence-electron chi connectivity index (χ0n) is 13.8. The van der Waals surface area contributed by atoms with E-state index in [-0.39, 0.29) is 23.7 Å². The van der Waals surface area contributed by atoms with Gasteiger partial charge in [-0.05, 0) is 37.0 Å². The highest BCUT2D eigenvalue weighted by molar-refractivity contribution is 8.08. The molecule has 1 aromatic heterocycles. The highest BCUT2D eigenvalue weighted by Gasteiger charge is 2.34. The van der Waals surface area contributed by atoms with E-state index in [1.54, 1.807) is 18.0 Å². The summed E-state index contributed by atoms with van der Waals surface area (Å²) in [6.45, 7) is 0.775. The molecule has 0 spiro atoms. The molecule has 4 rings (SSSR count). The second-order valence-corrected chi connectivity index (χ2v) is 7.59. The molecule has 1 aromatic carbocycles. The number of aromatic nitrogens is 2. The van der Waals surface area contributed by atoms with E-state index in [9.17, 15) is 9.18 Å². The maximum absolute atomic E-state index is 13.2. The van der Waals surface area contributed by atoms with Gasteiger partial charge in [-0.25, -0.2) is 4.39 Å². The van der Waals surface area contributed by atoms with Crippen molar-refractivity contribution in [1.82, 2.24) is 15.1 Å². The molecule has 2 aliphatic heterocycles. The Labute approximate surface area is 150 Å². The van der Waals surface area contributed by atoms with Gasteiger partial charge in [-0.1, -0.05) is 18.2 Å². The molecule has 130 valence electrons. The van der Waals surface area contributed by atoms with Crippen LogP contribution in [-0.2, 0) is 4.79 Å². The zero-order chi connectivity index (χ0) is 17.2. The summed E-state index contributed by atoms with van der Waals surface area (Å²) in [6, 6.07) is 6.63. The first-order chi connectivity index (χ1) is 12.2. The fourth-order valence-electron chi connectivity index (χ4n) is 3.61. The molecule has 1 fully saturated rings. The maximum atomic E-state index is 13.2. The molecule has 25 heavy (non-hydrogen) atoms. The number of benzene rings is 1. The Balaban J connectivity index is 1.54. The van der Waals surface area contributed by atoms with Crippen LogP contribution in [-0.4, -0.2) is 33.3 Å². The third-order valence-corrected chi connectivity index (χ3v) is 6.12. The van der Waals surface area contributed by atoms with E-state index in [0.717, 1.165) is 47.6 Å². The van der Waals surface area contributed by atoms with Crippen LogP contribution < -0.4 is 0 Å². The highest BCUT2D eigenvalue weighted by Crippen LogP contribution is 2.39. The van der Waals surface area contributed by atoms with Crippen molar-refractivity contribution in [3.63, 3.8) is 0 Å². The number of aromatic amines is 1. The van der Waals surface area contributed by atoms with Crippen LogP contribution in [0.25, 0.3) is 4.91 Å². The molecule has 1 saturated heterocycles. The summed E-state index contributed by atoms with van der Waals surface area (Å²) in [5, 5.41) is 6.80. The van der Waals surface area contributed by atoms with Crippen LogP contribution in [0.15, 0.2) is 42.7 Å². The summed E-state index contributed by atoms with van der Waals surface area (Å²) >= 11 is 1.70. The Hall–Kier alpha value is -2.08. The van der Waals surface area contributed by atoms with Crippen LogP contribution in [0, 0.1) is 11.7 Å². The Morgan fingerprint density at radius 1 is 1.28 bits per heavy atom. The van der Waals surface area contributed by atoms with Gasteiger partial charge in [0, 0.05) is 29.0 Å². The van der Waals surface area contributed by atoms with Crippen LogP contribution in [0.2, 0.25) is 0 Å². The summed E-state index contributed by atoms with van der Waals surface area (Å²) in [5.74, 6) is 0.611. The minimum Gasteiger partial charge on any atom is -0.335 e. The number of carbonyl (C=O) groups is 1. The number of halogens is 1. The minimum absolute atomic E-state index is 0.0539. The first-order valence-electron chi connectivity index (χ1n) is 8.62. The number of hydrogen-bond acceptors (Lipinski definition) is 3. The normalized spacial score (nSPS) is 23.6. The van der Waals surface area contributed by atoms with Gasteiger partial charge in [0.1, 0.15) is 5.82 Å². The first-order valence-corrected chi connectivity index (χ1v) is 9.60. The van der Waals surface area contributed by atoms with Crippen molar-refractivity contribution < 1.29 is 9.18 Å². The van der Waals surface area contributed by atoms with Gasteiger partial charge in [0.25, 0.3) is 0 Å². The van der Waals surface area contributed by atoms with Crippen molar-refractivity contribution >= 4 is 22.6 Å². The van der Waals surface area contributed by atoms with E-state index in [4.69, 9.17) is 0 Å². The fourth-order valence-corrected chi connectivity index (χ4v) is 4.74. The van der Waals surface area contributed by atoms with Gasteiger partial charge in [0.05, 0.1) is 18.2 Å². The molecule has 0 radical (unpaired) electrons. The smallest absolute Gasteiger partial charge is 0.230 e. The van der Waals surface area contributed by atoms with E-state index in [1.807, 2.05) is 23.2 Å². The molecular weight excluding hydrogens is 337 g/mol. The lowest BCUT2D eigenvalue weighted by Crippen LogP contribution is -2.41. The average molecular weight is 357 g/mol. The zero-order valence-corrected chi connectivity index (χ0v) is 14.6. The van der Waals surface area contributed by atoms with Gasteiger partial charge in [-0.2, -0.15) is 5.10 Å². The third kappa shape index (κ3) is 3.35. The number of hydrogen-bond donors (Lipinski definition) is 1. The molecule has 2 aromatic rings. The lowest BCUT2D eigenvalue weighted by atomic mass is 9.93. The van der Waals surface area contributed by atoms with Crippen molar-refractivity contribution in [1.29, 1.82) is 0 Å². The predicted octanol–water partition coefficient (Wildman–Crippen LogP) is 4.01. The number of nitrogens with zero attached hydrogens (tertiary/aromatic N) is 2. The Bertz CT molecular complexity index is 772. The summed E-state index contributed by atoms with van der Waals surface area (Å²) in [4.78, 5) is 16.2. The van der Waals surface area contributed by atoms with Gasteiger partial charge < -0.3 is 4.90 Å². The first kappa shape index (κ1) is 16.4. The molecule has 0 bridgehead atoms. The van der Waals surface area contributed by atoms with Crippen molar-refractivity contribution in [2.75, 3.05) is 12.3 Å². The standard InChI is InChI=1S/C19H20FN3OS/c20-16-6-4-13(5-7-16)17-3-1-2-8-23(17)19(24)14-9-18(25-12-14)15-10-21-22-11-15/h4-7,9-11,14,17H,1-3,8,12H2,(H,21,22)/t14?,17-/m0/s1. The highest BCUT2D eigenvalue weighted by atomic mass is 32.2. The molecule has 3 heterocycles. The van der Waals surface area contributed by atoms with E-state index in [2.05, 4.69) is 16.3 Å². The number of carbonyl (C=O) groups excluding carboxylic acids is 1. The van der Waals surface area contributed by atoms with Gasteiger partial charge in [0.2, 0.25) is 5.91 Å². The van der Waals surface area contributed by atoms with Gasteiger partial charge in [-0.3, -0.25) is 9.89 Å². The number of amides is 1. The summed E-state index contributed by atoms with van der Waals surface area (Å²) in [7, 11) is 0. The predicted molar refractivity (Wildman–Crippen MR) is 97.2 cm³/mol. The Morgan fingerprint density at radius 3 is 2.88 bits per heavy atom. The number of piperidine rings is 1. The summed E-state index contributed by atoms with van der Waals surface area (Å²) < 4.78 is 13.2. The largest absolute Gasteiger partial charge is 0.335 e. The van der Waals surface area contributed by atoms with Gasteiger partial charge in [-0.15, -0.1) is 11.8 Å². The van der Waals surface area contributed by atoms with Crippen molar-refractivity contribution in [2.24, 2.45) is 5.92 Å². The molecular formula is C19H20FN3OS. The number of nitrogens with one attached hydrogen (secondary N) is 1. The van der Waals surface area contributed by atoms with Crippen LogP contribution in [0.1, 0.15) is 36.4 Å². The Morgan fingerprint density at radius 2 is 2.12 bits per heavy atom. The minimum atomic E-state index is -0.239. The lowest BCUT2D eigenvalue weighted by Gasteiger charge is -2.37. The van der Waals surface area contributed by atoms with Crippen molar-refractivity contribution in [3.8, 4) is 0 Å². The molecule has 2 aliphatic rings. The second-order valence-electron chi connectivity index (χ2n) is 6.53. The van der Waals surface area contributed by atoms with Crippen LogP contribution in [0.3, 0.4) is 0 Å². The van der Waals surface area contributed by atoms with E-state index < -0.39 is 0 Å². The molecule has 0 saturated carbocycles.